The van der Waals surface area contributed by atoms with Gasteiger partial charge in [-0.15, -0.1) is 11.3 Å². The van der Waals surface area contributed by atoms with E-state index < -0.39 is 0 Å². The van der Waals surface area contributed by atoms with E-state index in [0.29, 0.717) is 16.5 Å². The third-order valence-corrected chi connectivity index (χ3v) is 3.48. The number of fused-ring (bicyclic) bond motifs is 1. The van der Waals surface area contributed by atoms with E-state index in [4.69, 9.17) is 11.6 Å². The summed E-state index contributed by atoms with van der Waals surface area (Å²) in [7, 11) is 0. The van der Waals surface area contributed by atoms with Crippen LogP contribution in [-0.4, -0.2) is 14.5 Å². The normalized spacial score (nSPS) is 11.1. The first-order valence-electron chi connectivity index (χ1n) is 4.67. The minimum Gasteiger partial charge on any atom is -0.494 e. The number of nitrogens with zero attached hydrogens (tertiary/aromatic N) is 2. The molecule has 16 heavy (non-hydrogen) atoms. The number of aromatic nitrogens is 2. The highest BCUT2D eigenvalue weighted by atomic mass is 35.5. The molecule has 0 fully saturated rings. The highest BCUT2D eigenvalue weighted by Gasteiger charge is 2.13. The molecule has 0 atom stereocenters. The van der Waals surface area contributed by atoms with Gasteiger partial charge in [-0.1, -0.05) is 23.7 Å². The summed E-state index contributed by atoms with van der Waals surface area (Å²) < 4.78 is 1.65. The zero-order valence-corrected chi connectivity index (χ0v) is 9.66. The Morgan fingerprint density at radius 2 is 2.12 bits per heavy atom. The molecule has 0 aromatic carbocycles. The van der Waals surface area contributed by atoms with Gasteiger partial charge in [0.25, 0.3) is 0 Å². The maximum atomic E-state index is 9.83. The summed E-state index contributed by atoms with van der Waals surface area (Å²) in [6, 6.07) is 9.07. The van der Waals surface area contributed by atoms with Crippen molar-refractivity contribution in [1.29, 1.82) is 0 Å². The number of rotatable bonds is 1. The van der Waals surface area contributed by atoms with Gasteiger partial charge in [0.15, 0.2) is 16.9 Å². The van der Waals surface area contributed by atoms with Crippen LogP contribution in [0.5, 0.6) is 5.88 Å². The Bertz CT molecular complexity index is 645. The number of thiophene rings is 1. The predicted octanol–water partition coefficient (Wildman–Crippen LogP) is 3.42. The highest BCUT2D eigenvalue weighted by molar-refractivity contribution is 7.13. The third kappa shape index (κ3) is 1.31. The van der Waals surface area contributed by atoms with Crippen molar-refractivity contribution >= 4 is 28.5 Å². The van der Waals surface area contributed by atoms with Gasteiger partial charge in [0.05, 0.1) is 10.4 Å². The molecule has 3 aromatic rings. The van der Waals surface area contributed by atoms with Crippen molar-refractivity contribution in [2.75, 3.05) is 0 Å². The average Bonchev–Trinajstić information content (AvgIpc) is 2.87. The van der Waals surface area contributed by atoms with Gasteiger partial charge in [0.1, 0.15) is 0 Å². The van der Waals surface area contributed by atoms with Gasteiger partial charge in [-0.05, 0) is 23.6 Å². The van der Waals surface area contributed by atoms with Crippen LogP contribution < -0.4 is 0 Å². The van der Waals surface area contributed by atoms with Crippen LogP contribution in [0, 0.1) is 0 Å². The van der Waals surface area contributed by atoms with Crippen molar-refractivity contribution in [1.82, 2.24) is 9.38 Å². The molecule has 3 heterocycles. The van der Waals surface area contributed by atoms with Crippen molar-refractivity contribution in [3.8, 4) is 16.6 Å². The fraction of sp³-hybridized carbons (Fsp3) is 0. The standard InChI is InChI=1S/C11H7ClN2OS/c12-10-7-3-1-5-9(15)14(7)11(13-10)8-4-2-6-16-8/h1-6,15H. The summed E-state index contributed by atoms with van der Waals surface area (Å²) in [4.78, 5) is 5.25. The Morgan fingerprint density at radius 1 is 1.25 bits per heavy atom. The van der Waals surface area contributed by atoms with Gasteiger partial charge in [-0.3, -0.25) is 4.40 Å². The Balaban J connectivity index is 2.42. The average molecular weight is 251 g/mol. The van der Waals surface area contributed by atoms with Gasteiger partial charge in [0, 0.05) is 0 Å². The molecule has 3 rings (SSSR count). The summed E-state index contributed by atoms with van der Waals surface area (Å²) in [5, 5.41) is 12.2. The molecule has 5 heteroatoms. The van der Waals surface area contributed by atoms with Crippen LogP contribution in [0.2, 0.25) is 5.15 Å². The molecule has 0 aliphatic rings. The van der Waals surface area contributed by atoms with Crippen molar-refractivity contribution in [3.05, 3.63) is 40.9 Å². The maximum absolute atomic E-state index is 9.83. The molecular weight excluding hydrogens is 244 g/mol. The van der Waals surface area contributed by atoms with Gasteiger partial charge >= 0.3 is 0 Å². The molecule has 0 radical (unpaired) electrons. The van der Waals surface area contributed by atoms with Crippen molar-refractivity contribution < 1.29 is 5.11 Å². The molecule has 0 saturated heterocycles. The number of pyridine rings is 1. The Hall–Kier alpha value is -1.52. The Morgan fingerprint density at radius 3 is 2.88 bits per heavy atom. The van der Waals surface area contributed by atoms with E-state index in [0.717, 1.165) is 4.88 Å². The summed E-state index contributed by atoms with van der Waals surface area (Å²) >= 11 is 7.59. The zero-order chi connectivity index (χ0) is 11.1. The van der Waals surface area contributed by atoms with Crippen LogP contribution in [-0.2, 0) is 0 Å². The van der Waals surface area contributed by atoms with Crippen LogP contribution in [0.1, 0.15) is 0 Å². The number of aromatic hydroxyl groups is 1. The monoisotopic (exact) mass is 250 g/mol. The molecule has 3 aromatic heterocycles. The number of hydrogen-bond acceptors (Lipinski definition) is 3. The van der Waals surface area contributed by atoms with Gasteiger partial charge in [0.2, 0.25) is 0 Å². The lowest BCUT2D eigenvalue weighted by atomic mass is 10.4. The SMILES string of the molecule is Oc1cccc2c(Cl)nc(-c3cccs3)n12. The fourth-order valence-corrected chi connectivity index (χ4v) is 2.58. The first-order chi connectivity index (χ1) is 7.77. The van der Waals surface area contributed by atoms with E-state index in [1.165, 1.54) is 0 Å². The van der Waals surface area contributed by atoms with Gasteiger partial charge in [-0.25, -0.2) is 4.98 Å². The molecule has 0 amide bonds. The van der Waals surface area contributed by atoms with Crippen LogP contribution in [0.25, 0.3) is 16.2 Å². The minimum atomic E-state index is 0.139. The van der Waals surface area contributed by atoms with Crippen molar-refractivity contribution in [2.45, 2.75) is 0 Å². The molecule has 80 valence electrons. The molecule has 0 saturated carbocycles. The quantitative estimate of drug-likeness (QED) is 0.719. The van der Waals surface area contributed by atoms with Crippen LogP contribution in [0.4, 0.5) is 0 Å². The van der Waals surface area contributed by atoms with Gasteiger partial charge < -0.3 is 5.11 Å². The first-order valence-corrected chi connectivity index (χ1v) is 5.93. The molecule has 0 unspecified atom stereocenters. The van der Waals surface area contributed by atoms with E-state index in [1.807, 2.05) is 23.6 Å². The second-order valence-corrected chi connectivity index (χ2v) is 4.61. The first kappa shape index (κ1) is 9.69. The van der Waals surface area contributed by atoms with E-state index in [2.05, 4.69) is 4.98 Å². The minimum absolute atomic E-state index is 0.139. The third-order valence-electron chi connectivity index (χ3n) is 2.34. The Labute approximate surface area is 101 Å². The lowest BCUT2D eigenvalue weighted by Gasteiger charge is -2.00. The van der Waals surface area contributed by atoms with Crippen LogP contribution in [0.3, 0.4) is 0 Å². The number of halogens is 1. The summed E-state index contributed by atoms with van der Waals surface area (Å²) in [6.45, 7) is 0. The molecule has 0 spiro atoms. The Kier molecular flexibility index (Phi) is 2.12. The molecule has 0 aliphatic carbocycles. The number of hydrogen-bond donors (Lipinski definition) is 1. The lowest BCUT2D eigenvalue weighted by Crippen LogP contribution is -1.87. The van der Waals surface area contributed by atoms with E-state index in [1.54, 1.807) is 27.9 Å². The predicted molar refractivity (Wildman–Crippen MR) is 65.2 cm³/mol. The van der Waals surface area contributed by atoms with Crippen LogP contribution >= 0.6 is 22.9 Å². The van der Waals surface area contributed by atoms with Crippen LogP contribution in [0.15, 0.2) is 35.7 Å². The molecule has 0 aliphatic heterocycles. The summed E-state index contributed by atoms with van der Waals surface area (Å²) in [6.07, 6.45) is 0. The van der Waals surface area contributed by atoms with Crippen molar-refractivity contribution in [3.63, 3.8) is 0 Å². The van der Waals surface area contributed by atoms with E-state index >= 15 is 0 Å². The van der Waals surface area contributed by atoms with E-state index in [-0.39, 0.29) is 5.88 Å². The topological polar surface area (TPSA) is 37.5 Å². The fourth-order valence-electron chi connectivity index (χ4n) is 1.65. The zero-order valence-electron chi connectivity index (χ0n) is 8.09. The largest absolute Gasteiger partial charge is 0.494 e. The van der Waals surface area contributed by atoms with Gasteiger partial charge in [-0.2, -0.15) is 0 Å². The number of imidazole rings is 1. The molecule has 0 bridgehead atoms. The summed E-state index contributed by atoms with van der Waals surface area (Å²) in [5.41, 5.74) is 0.713. The second kappa shape index (κ2) is 3.50. The molecule has 3 nitrogen and oxygen atoms in total. The molecular formula is C11H7ClN2OS. The van der Waals surface area contributed by atoms with Crippen molar-refractivity contribution in [2.24, 2.45) is 0 Å². The lowest BCUT2D eigenvalue weighted by molar-refractivity contribution is 0.447. The maximum Gasteiger partial charge on any atom is 0.197 e. The van der Waals surface area contributed by atoms with E-state index in [9.17, 15) is 5.11 Å². The smallest absolute Gasteiger partial charge is 0.197 e. The summed E-state index contributed by atoms with van der Waals surface area (Å²) in [5.74, 6) is 0.813. The second-order valence-electron chi connectivity index (χ2n) is 3.31. The molecule has 1 N–H and O–H groups in total. The highest BCUT2D eigenvalue weighted by Crippen LogP contribution is 2.31.